The molecule has 0 heterocycles. The molecule has 0 saturated carbocycles. The Morgan fingerprint density at radius 1 is 0.743 bits per heavy atom. The summed E-state index contributed by atoms with van der Waals surface area (Å²) < 4.78 is 35.5. The zero-order valence-corrected chi connectivity index (χ0v) is 22.6. The van der Waals surface area contributed by atoms with E-state index < -0.39 is 19.0 Å². The van der Waals surface area contributed by atoms with E-state index in [4.69, 9.17) is 18.3 Å². The molecular formula is C27H37O7P. The maximum absolute atomic E-state index is 13.3. The summed E-state index contributed by atoms with van der Waals surface area (Å²) in [4.78, 5) is 24.7. The standard InChI is InChI=1S/C27H37O7P/c1-8-9-10-11-24(28)31-22-16-12-20(13-17-22)25(29)21-14-18-23(19-15-21)32-35(30,33-26(2,3)4)34-27(5,6)7/h12-19H,8-11H2,1-7H3. The van der Waals surface area contributed by atoms with E-state index in [2.05, 4.69) is 6.92 Å². The number of ketones is 1. The number of ether oxygens (including phenoxy) is 1. The van der Waals surface area contributed by atoms with E-state index >= 15 is 0 Å². The molecule has 0 N–H and O–H groups in total. The summed E-state index contributed by atoms with van der Waals surface area (Å²) in [7, 11) is -3.93. The first-order valence-electron chi connectivity index (χ1n) is 11.9. The minimum absolute atomic E-state index is 0.211. The number of esters is 1. The van der Waals surface area contributed by atoms with Crippen LogP contribution in [0.2, 0.25) is 0 Å². The van der Waals surface area contributed by atoms with Crippen LogP contribution in [-0.4, -0.2) is 23.0 Å². The number of benzene rings is 2. The van der Waals surface area contributed by atoms with Crippen molar-refractivity contribution in [3.05, 3.63) is 59.7 Å². The Balaban J connectivity index is 2.08. The molecule has 2 rings (SSSR count). The molecule has 0 aliphatic heterocycles. The third kappa shape index (κ3) is 10.4. The van der Waals surface area contributed by atoms with Crippen LogP contribution < -0.4 is 9.26 Å². The van der Waals surface area contributed by atoms with Gasteiger partial charge in [-0.15, -0.1) is 0 Å². The highest BCUT2D eigenvalue weighted by atomic mass is 31.2. The first-order valence-corrected chi connectivity index (χ1v) is 13.3. The van der Waals surface area contributed by atoms with Crippen LogP contribution in [0.3, 0.4) is 0 Å². The number of unbranched alkanes of at least 4 members (excludes halogenated alkanes) is 2. The minimum atomic E-state index is -3.93. The first kappa shape index (κ1) is 28.8. The maximum atomic E-state index is 13.3. The van der Waals surface area contributed by atoms with Gasteiger partial charge in [-0.05, 0) is 96.5 Å². The molecular weight excluding hydrogens is 467 g/mol. The Hall–Kier alpha value is -2.47. The van der Waals surface area contributed by atoms with E-state index in [0.717, 1.165) is 19.3 Å². The Kier molecular flexibility index (Phi) is 9.85. The van der Waals surface area contributed by atoms with Crippen molar-refractivity contribution in [3.63, 3.8) is 0 Å². The second kappa shape index (κ2) is 12.0. The van der Waals surface area contributed by atoms with Crippen molar-refractivity contribution in [1.82, 2.24) is 0 Å². The molecule has 7 nitrogen and oxygen atoms in total. The van der Waals surface area contributed by atoms with E-state index in [0.29, 0.717) is 23.3 Å². The van der Waals surface area contributed by atoms with Gasteiger partial charge in [0.2, 0.25) is 0 Å². The monoisotopic (exact) mass is 504 g/mol. The number of hydrogen-bond donors (Lipinski definition) is 0. The number of rotatable bonds is 11. The van der Waals surface area contributed by atoms with Crippen LogP contribution in [0.15, 0.2) is 48.5 Å². The Labute approximate surface area is 208 Å². The van der Waals surface area contributed by atoms with Gasteiger partial charge in [0.05, 0.1) is 11.2 Å². The maximum Gasteiger partial charge on any atom is 0.531 e. The van der Waals surface area contributed by atoms with Crippen molar-refractivity contribution in [1.29, 1.82) is 0 Å². The lowest BCUT2D eigenvalue weighted by Crippen LogP contribution is -2.25. The summed E-state index contributed by atoms with van der Waals surface area (Å²) >= 11 is 0. The molecule has 2 aromatic rings. The van der Waals surface area contributed by atoms with Crippen LogP contribution >= 0.6 is 7.82 Å². The van der Waals surface area contributed by atoms with E-state index in [1.807, 2.05) is 0 Å². The number of hydrogen-bond acceptors (Lipinski definition) is 7. The predicted octanol–water partition coefficient (Wildman–Crippen LogP) is 7.52. The molecule has 192 valence electrons. The fourth-order valence-corrected chi connectivity index (χ4v) is 4.90. The molecule has 0 saturated heterocycles. The van der Waals surface area contributed by atoms with E-state index in [1.54, 1.807) is 90.1 Å². The average Bonchev–Trinajstić information content (AvgIpc) is 2.71. The topological polar surface area (TPSA) is 88.1 Å². The summed E-state index contributed by atoms with van der Waals surface area (Å²) in [5.41, 5.74) is -0.647. The smallest absolute Gasteiger partial charge is 0.427 e. The van der Waals surface area contributed by atoms with Crippen LogP contribution in [0.1, 0.15) is 90.1 Å². The summed E-state index contributed by atoms with van der Waals surface area (Å²) in [6.07, 6.45) is 3.19. The van der Waals surface area contributed by atoms with Crippen LogP contribution in [0.4, 0.5) is 0 Å². The van der Waals surface area contributed by atoms with Crippen molar-refractivity contribution in [2.24, 2.45) is 0 Å². The van der Waals surface area contributed by atoms with E-state index in [9.17, 15) is 14.2 Å². The number of phosphoric ester groups is 1. The third-order valence-electron chi connectivity index (χ3n) is 4.44. The highest BCUT2D eigenvalue weighted by Crippen LogP contribution is 2.55. The van der Waals surface area contributed by atoms with Crippen molar-refractivity contribution in [3.8, 4) is 11.5 Å². The zero-order chi connectivity index (χ0) is 26.3. The lowest BCUT2D eigenvalue weighted by Gasteiger charge is -2.30. The molecule has 0 bridgehead atoms. The van der Waals surface area contributed by atoms with Gasteiger partial charge in [-0.2, -0.15) is 0 Å². The van der Waals surface area contributed by atoms with Gasteiger partial charge >= 0.3 is 13.8 Å². The second-order valence-corrected chi connectivity index (χ2v) is 11.7. The summed E-state index contributed by atoms with van der Waals surface area (Å²) in [5, 5.41) is 0. The fourth-order valence-electron chi connectivity index (χ4n) is 3.07. The highest BCUT2D eigenvalue weighted by Gasteiger charge is 2.38. The summed E-state index contributed by atoms with van der Waals surface area (Å²) in [6.45, 7) is 12.6. The Morgan fingerprint density at radius 3 is 1.63 bits per heavy atom. The quantitative estimate of drug-likeness (QED) is 0.103. The van der Waals surface area contributed by atoms with Crippen molar-refractivity contribution >= 4 is 19.6 Å². The van der Waals surface area contributed by atoms with Gasteiger partial charge in [0, 0.05) is 17.5 Å². The van der Waals surface area contributed by atoms with Crippen LogP contribution in [-0.2, 0) is 18.4 Å². The van der Waals surface area contributed by atoms with Crippen LogP contribution in [0, 0.1) is 0 Å². The number of carbonyl (C=O) groups is 2. The lowest BCUT2D eigenvalue weighted by atomic mass is 10.0. The fraction of sp³-hybridized carbons (Fsp3) is 0.481. The minimum Gasteiger partial charge on any atom is -0.427 e. The highest BCUT2D eigenvalue weighted by molar-refractivity contribution is 7.49. The lowest BCUT2D eigenvalue weighted by molar-refractivity contribution is -0.134. The molecule has 0 aliphatic carbocycles. The molecule has 0 amide bonds. The first-order chi connectivity index (χ1) is 16.2. The molecule has 0 fully saturated rings. The van der Waals surface area contributed by atoms with Gasteiger partial charge in [0.25, 0.3) is 0 Å². The van der Waals surface area contributed by atoms with E-state index in [-0.39, 0.29) is 17.5 Å². The molecule has 0 radical (unpaired) electrons. The third-order valence-corrected chi connectivity index (χ3v) is 6.41. The van der Waals surface area contributed by atoms with Gasteiger partial charge in [0.15, 0.2) is 5.78 Å². The average molecular weight is 505 g/mol. The molecule has 0 atom stereocenters. The predicted molar refractivity (Wildman–Crippen MR) is 136 cm³/mol. The van der Waals surface area contributed by atoms with Gasteiger partial charge in [-0.25, -0.2) is 4.57 Å². The van der Waals surface area contributed by atoms with Gasteiger partial charge in [-0.1, -0.05) is 19.8 Å². The molecule has 2 aromatic carbocycles. The van der Waals surface area contributed by atoms with Gasteiger partial charge < -0.3 is 9.26 Å². The second-order valence-electron chi connectivity index (χ2n) is 10.3. The normalized spacial score (nSPS) is 12.3. The van der Waals surface area contributed by atoms with Crippen LogP contribution in [0.5, 0.6) is 11.5 Å². The molecule has 8 heteroatoms. The van der Waals surface area contributed by atoms with Crippen molar-refractivity contribution < 1.29 is 32.5 Å². The molecule has 0 spiro atoms. The number of carbonyl (C=O) groups excluding carboxylic acids is 2. The van der Waals surface area contributed by atoms with Gasteiger partial charge in [-0.3, -0.25) is 18.6 Å². The van der Waals surface area contributed by atoms with E-state index in [1.165, 1.54) is 0 Å². The van der Waals surface area contributed by atoms with Crippen molar-refractivity contribution in [2.75, 3.05) is 0 Å². The SMILES string of the molecule is CCCCCC(=O)Oc1ccc(C(=O)c2ccc(OP(=O)(OC(C)(C)C)OC(C)(C)C)cc2)cc1. The number of phosphoric acid groups is 1. The Morgan fingerprint density at radius 2 is 1.20 bits per heavy atom. The Bertz CT molecular complexity index is 1010. The zero-order valence-electron chi connectivity index (χ0n) is 21.8. The summed E-state index contributed by atoms with van der Waals surface area (Å²) in [5.74, 6) is 0.165. The van der Waals surface area contributed by atoms with Gasteiger partial charge in [0.1, 0.15) is 11.5 Å². The largest absolute Gasteiger partial charge is 0.531 e. The molecule has 0 aliphatic rings. The molecule has 0 unspecified atom stereocenters. The van der Waals surface area contributed by atoms with Crippen LogP contribution in [0.25, 0.3) is 0 Å². The molecule has 35 heavy (non-hydrogen) atoms. The van der Waals surface area contributed by atoms with Crippen molar-refractivity contribution in [2.45, 2.75) is 85.4 Å². The molecule has 0 aromatic heterocycles. The summed E-state index contributed by atoms with van der Waals surface area (Å²) in [6, 6.07) is 12.7.